The maximum atomic E-state index is 11.4. The second-order valence-corrected chi connectivity index (χ2v) is 6.06. The zero-order chi connectivity index (χ0) is 16.8. The second-order valence-electron chi connectivity index (χ2n) is 6.06. The molecule has 0 radical (unpaired) electrons. The van der Waals surface area contributed by atoms with Crippen LogP contribution in [0.3, 0.4) is 0 Å². The topological polar surface area (TPSA) is 102 Å². The van der Waals surface area contributed by atoms with Crippen molar-refractivity contribution in [2.45, 2.75) is 64.8 Å². The van der Waals surface area contributed by atoms with E-state index in [-0.39, 0.29) is 6.42 Å². The summed E-state index contributed by atoms with van der Waals surface area (Å²) in [6, 6.07) is -0.982. The van der Waals surface area contributed by atoms with E-state index in [0.717, 1.165) is 18.9 Å². The molecule has 1 atom stereocenters. The molecule has 6 nitrogen and oxygen atoms in total. The van der Waals surface area contributed by atoms with Crippen molar-refractivity contribution >= 4 is 11.9 Å². The van der Waals surface area contributed by atoms with Crippen LogP contribution in [-0.2, 0) is 14.3 Å². The van der Waals surface area contributed by atoms with Gasteiger partial charge >= 0.3 is 5.97 Å². The Morgan fingerprint density at radius 1 is 1.09 bits per heavy atom. The number of amides is 1. The number of unbranched alkanes of at least 4 members (excludes halogenated alkanes) is 3. The van der Waals surface area contributed by atoms with Gasteiger partial charge in [-0.2, -0.15) is 0 Å². The lowest BCUT2D eigenvalue weighted by Crippen LogP contribution is -2.42. The fourth-order valence-electron chi connectivity index (χ4n) is 2.01. The molecule has 0 aliphatic heterocycles. The summed E-state index contributed by atoms with van der Waals surface area (Å²) in [4.78, 5) is 21.8. The monoisotopic (exact) mass is 316 g/mol. The number of hydrogen-bond donors (Lipinski definition) is 3. The molecule has 4 N–H and O–H groups in total. The van der Waals surface area contributed by atoms with Crippen molar-refractivity contribution in [3.05, 3.63) is 0 Å². The molecule has 0 bridgehead atoms. The number of ether oxygens (including phenoxy) is 1. The zero-order valence-electron chi connectivity index (χ0n) is 14.0. The number of carbonyl (C=O) groups is 2. The molecule has 22 heavy (non-hydrogen) atoms. The highest BCUT2D eigenvalue weighted by Gasteiger charge is 2.15. The molecule has 0 spiro atoms. The maximum absolute atomic E-state index is 11.4. The van der Waals surface area contributed by atoms with Gasteiger partial charge in [-0.05, 0) is 18.8 Å². The lowest BCUT2D eigenvalue weighted by atomic mass is 10.0. The molecule has 0 saturated carbocycles. The van der Waals surface area contributed by atoms with Crippen LogP contribution in [0.2, 0.25) is 0 Å². The molecule has 130 valence electrons. The van der Waals surface area contributed by atoms with Crippen molar-refractivity contribution in [3.8, 4) is 0 Å². The van der Waals surface area contributed by atoms with E-state index >= 15 is 0 Å². The lowest BCUT2D eigenvalue weighted by Gasteiger charge is -2.10. The van der Waals surface area contributed by atoms with Crippen LogP contribution in [-0.4, -0.2) is 42.8 Å². The van der Waals surface area contributed by atoms with Gasteiger partial charge in [-0.15, -0.1) is 0 Å². The summed E-state index contributed by atoms with van der Waals surface area (Å²) in [6.45, 7) is 6.31. The predicted molar refractivity (Wildman–Crippen MR) is 86.6 cm³/mol. The van der Waals surface area contributed by atoms with Gasteiger partial charge < -0.3 is 20.9 Å². The summed E-state index contributed by atoms with van der Waals surface area (Å²) in [6.07, 6.45) is 6.49. The minimum Gasteiger partial charge on any atom is -0.481 e. The first-order valence-corrected chi connectivity index (χ1v) is 8.26. The summed E-state index contributed by atoms with van der Waals surface area (Å²) >= 11 is 0. The standard InChI is InChI=1S/C16H32N2O4/c1-13(2)8-5-3-4-6-10-22-11-7-9-18-16(21)14(17)12-15(19)20/h13-14H,3-12,17H2,1-2H3,(H,18,21)(H,19,20)/t14-/m0/s1. The van der Waals surface area contributed by atoms with E-state index in [4.69, 9.17) is 15.6 Å². The van der Waals surface area contributed by atoms with Crippen LogP contribution >= 0.6 is 0 Å². The Bertz CT molecular complexity index is 309. The number of aliphatic carboxylic acids is 1. The third-order valence-electron chi connectivity index (χ3n) is 3.32. The van der Waals surface area contributed by atoms with Gasteiger partial charge in [-0.1, -0.05) is 39.5 Å². The highest BCUT2D eigenvalue weighted by Crippen LogP contribution is 2.09. The van der Waals surface area contributed by atoms with Gasteiger partial charge in [0.1, 0.15) is 0 Å². The van der Waals surface area contributed by atoms with Gasteiger partial charge in [0, 0.05) is 19.8 Å². The molecule has 0 aliphatic rings. The van der Waals surface area contributed by atoms with E-state index in [0.29, 0.717) is 19.6 Å². The molecule has 0 rings (SSSR count). The van der Waals surface area contributed by atoms with Crippen molar-refractivity contribution in [1.82, 2.24) is 5.32 Å². The Labute approximate surface area is 133 Å². The molecule has 0 saturated heterocycles. The number of nitrogens with one attached hydrogen (secondary N) is 1. The molecule has 0 aliphatic carbocycles. The molecule has 0 aromatic rings. The maximum Gasteiger partial charge on any atom is 0.305 e. The predicted octanol–water partition coefficient (Wildman–Crippen LogP) is 1.92. The van der Waals surface area contributed by atoms with E-state index < -0.39 is 17.9 Å². The minimum absolute atomic E-state index is 0.348. The van der Waals surface area contributed by atoms with Crippen LogP contribution in [0.25, 0.3) is 0 Å². The van der Waals surface area contributed by atoms with Crippen molar-refractivity contribution in [1.29, 1.82) is 0 Å². The van der Waals surface area contributed by atoms with Crippen LogP contribution in [0.1, 0.15) is 58.8 Å². The largest absolute Gasteiger partial charge is 0.481 e. The minimum atomic E-state index is -1.07. The summed E-state index contributed by atoms with van der Waals surface area (Å²) in [7, 11) is 0. The smallest absolute Gasteiger partial charge is 0.305 e. The van der Waals surface area contributed by atoms with E-state index in [1.54, 1.807) is 0 Å². The number of hydrogen-bond acceptors (Lipinski definition) is 4. The van der Waals surface area contributed by atoms with E-state index in [1.807, 2.05) is 0 Å². The number of nitrogens with two attached hydrogens (primary N) is 1. The van der Waals surface area contributed by atoms with Crippen molar-refractivity contribution in [2.24, 2.45) is 11.7 Å². The van der Waals surface area contributed by atoms with Crippen molar-refractivity contribution in [3.63, 3.8) is 0 Å². The van der Waals surface area contributed by atoms with Gasteiger partial charge in [0.15, 0.2) is 0 Å². The van der Waals surface area contributed by atoms with Crippen LogP contribution in [0, 0.1) is 5.92 Å². The van der Waals surface area contributed by atoms with Gasteiger partial charge in [0.2, 0.25) is 5.91 Å². The zero-order valence-corrected chi connectivity index (χ0v) is 14.0. The Kier molecular flexibility index (Phi) is 12.8. The molecular formula is C16H32N2O4. The molecule has 0 heterocycles. The first-order chi connectivity index (χ1) is 10.4. The summed E-state index contributed by atoms with van der Waals surface area (Å²) in [5.41, 5.74) is 5.43. The highest BCUT2D eigenvalue weighted by atomic mass is 16.5. The van der Waals surface area contributed by atoms with Crippen LogP contribution in [0.5, 0.6) is 0 Å². The summed E-state index contributed by atoms with van der Waals surface area (Å²) in [5, 5.41) is 11.1. The van der Waals surface area contributed by atoms with E-state index in [2.05, 4.69) is 19.2 Å². The molecule has 0 unspecified atom stereocenters. The lowest BCUT2D eigenvalue weighted by molar-refractivity contribution is -0.139. The SMILES string of the molecule is CC(C)CCCCCCOCCCNC(=O)[C@@H](N)CC(=O)O. The molecule has 0 fully saturated rings. The van der Waals surface area contributed by atoms with Gasteiger partial charge in [-0.3, -0.25) is 9.59 Å². The summed E-state index contributed by atoms with van der Waals surface area (Å²) in [5.74, 6) is -0.706. The second kappa shape index (κ2) is 13.5. The fraction of sp³-hybridized carbons (Fsp3) is 0.875. The first kappa shape index (κ1) is 20.9. The number of carbonyl (C=O) groups excluding carboxylic acids is 1. The Hall–Kier alpha value is -1.14. The molecule has 0 aromatic heterocycles. The number of carboxylic acids is 1. The van der Waals surface area contributed by atoms with Crippen molar-refractivity contribution in [2.75, 3.05) is 19.8 Å². The quantitative estimate of drug-likeness (QED) is 0.425. The number of carboxylic acid groups (broad SMARTS) is 1. The Morgan fingerprint density at radius 3 is 2.36 bits per heavy atom. The third kappa shape index (κ3) is 13.8. The third-order valence-corrected chi connectivity index (χ3v) is 3.32. The van der Waals surface area contributed by atoms with Gasteiger partial charge in [0.05, 0.1) is 12.5 Å². The average Bonchev–Trinajstić information content (AvgIpc) is 2.43. The molecule has 0 aromatic carbocycles. The molecule has 1 amide bonds. The first-order valence-electron chi connectivity index (χ1n) is 8.26. The normalized spacial score (nSPS) is 12.4. The Morgan fingerprint density at radius 2 is 1.73 bits per heavy atom. The summed E-state index contributed by atoms with van der Waals surface area (Å²) < 4.78 is 5.49. The van der Waals surface area contributed by atoms with E-state index in [1.165, 1.54) is 25.7 Å². The van der Waals surface area contributed by atoms with Crippen LogP contribution in [0.15, 0.2) is 0 Å². The van der Waals surface area contributed by atoms with Crippen molar-refractivity contribution < 1.29 is 19.4 Å². The fourth-order valence-corrected chi connectivity index (χ4v) is 2.01. The molecular weight excluding hydrogens is 284 g/mol. The van der Waals surface area contributed by atoms with Crippen LogP contribution in [0.4, 0.5) is 0 Å². The number of rotatable bonds is 14. The van der Waals surface area contributed by atoms with Gasteiger partial charge in [-0.25, -0.2) is 0 Å². The highest BCUT2D eigenvalue weighted by molar-refractivity contribution is 5.85. The Balaban J connectivity index is 3.29. The average molecular weight is 316 g/mol. The van der Waals surface area contributed by atoms with E-state index in [9.17, 15) is 9.59 Å². The van der Waals surface area contributed by atoms with Gasteiger partial charge in [0.25, 0.3) is 0 Å². The molecule has 6 heteroatoms. The van der Waals surface area contributed by atoms with Crippen LogP contribution < -0.4 is 11.1 Å².